The number of aromatic nitrogens is 3. The Morgan fingerprint density at radius 2 is 2.03 bits per heavy atom. The van der Waals surface area contributed by atoms with E-state index in [2.05, 4.69) is 62.0 Å². The minimum absolute atomic E-state index is 0.623. The quantitative estimate of drug-likeness (QED) is 0.584. The number of benzene rings is 1. The number of fused-ring (bicyclic) bond motifs is 2. The molecule has 3 aromatic rings. The summed E-state index contributed by atoms with van der Waals surface area (Å²) in [6.07, 6.45) is 4.78. The summed E-state index contributed by atoms with van der Waals surface area (Å²) in [5.41, 5.74) is 7.77. The number of hydrogen-bond acceptors (Lipinski definition) is 8. The maximum absolute atomic E-state index is 5.67. The minimum atomic E-state index is 0.623. The van der Waals surface area contributed by atoms with Gasteiger partial charge in [-0.3, -0.25) is 0 Å². The van der Waals surface area contributed by atoms with E-state index >= 15 is 0 Å². The number of rotatable bonds is 5. The van der Waals surface area contributed by atoms with Crippen molar-refractivity contribution < 1.29 is 4.74 Å². The van der Waals surface area contributed by atoms with Crippen molar-refractivity contribution in [3.63, 3.8) is 0 Å². The summed E-state index contributed by atoms with van der Waals surface area (Å²) in [6.45, 7) is 6.08. The Kier molecular flexibility index (Phi) is 5.30. The van der Waals surface area contributed by atoms with Crippen molar-refractivity contribution in [1.82, 2.24) is 20.3 Å². The molecule has 0 bridgehead atoms. The molecule has 2 aliphatic rings. The lowest BCUT2D eigenvalue weighted by Gasteiger charge is -2.32. The second kappa shape index (κ2) is 8.39. The minimum Gasteiger partial charge on any atom is -0.474 e. The smallest absolute Gasteiger partial charge is 0.237 e. The van der Waals surface area contributed by atoms with Crippen LogP contribution in [0, 0.1) is 6.92 Å². The van der Waals surface area contributed by atoms with E-state index in [4.69, 9.17) is 9.72 Å². The van der Waals surface area contributed by atoms with E-state index < -0.39 is 0 Å². The maximum Gasteiger partial charge on any atom is 0.237 e. The SMILES string of the molecule is CNCc1ccc(Nc2ncc3c(n2)CN(c2cnc4c(c2C)NCCO4)CC3)cc1. The zero-order valence-corrected chi connectivity index (χ0v) is 17.9. The van der Waals surface area contributed by atoms with Gasteiger partial charge in [-0.25, -0.2) is 15.0 Å². The molecule has 8 heteroatoms. The molecule has 2 aromatic heterocycles. The van der Waals surface area contributed by atoms with Gasteiger partial charge in [0.15, 0.2) is 0 Å². The molecule has 0 saturated heterocycles. The van der Waals surface area contributed by atoms with Crippen LogP contribution in [0.15, 0.2) is 36.7 Å². The highest BCUT2D eigenvalue weighted by Crippen LogP contribution is 2.36. The summed E-state index contributed by atoms with van der Waals surface area (Å²) in [4.78, 5) is 16.2. The Balaban J connectivity index is 1.35. The summed E-state index contributed by atoms with van der Waals surface area (Å²) >= 11 is 0. The van der Waals surface area contributed by atoms with Gasteiger partial charge < -0.3 is 25.6 Å². The van der Waals surface area contributed by atoms with Crippen molar-refractivity contribution in [1.29, 1.82) is 0 Å². The van der Waals surface area contributed by atoms with Crippen molar-refractivity contribution in [2.45, 2.75) is 26.4 Å². The molecule has 0 unspecified atom stereocenters. The predicted octanol–water partition coefficient (Wildman–Crippen LogP) is 3.01. The topological polar surface area (TPSA) is 87.2 Å². The van der Waals surface area contributed by atoms with Crippen molar-refractivity contribution in [2.24, 2.45) is 0 Å². The van der Waals surface area contributed by atoms with Gasteiger partial charge in [-0.1, -0.05) is 12.1 Å². The Hall–Kier alpha value is -3.39. The first-order valence-corrected chi connectivity index (χ1v) is 10.7. The van der Waals surface area contributed by atoms with E-state index in [1.807, 2.05) is 19.4 Å². The summed E-state index contributed by atoms with van der Waals surface area (Å²) in [7, 11) is 1.95. The zero-order valence-electron chi connectivity index (χ0n) is 17.9. The fourth-order valence-electron chi connectivity index (χ4n) is 4.14. The van der Waals surface area contributed by atoms with Crippen LogP contribution < -0.4 is 25.6 Å². The second-order valence-electron chi connectivity index (χ2n) is 7.91. The lowest BCUT2D eigenvalue weighted by Crippen LogP contribution is -2.32. The molecule has 2 aliphatic heterocycles. The molecule has 0 atom stereocenters. The van der Waals surface area contributed by atoms with E-state index in [-0.39, 0.29) is 0 Å². The molecular formula is C23H27N7O. The van der Waals surface area contributed by atoms with Gasteiger partial charge in [-0.2, -0.15) is 0 Å². The molecule has 0 radical (unpaired) electrons. The first kappa shape index (κ1) is 19.6. The molecule has 0 fully saturated rings. The highest BCUT2D eigenvalue weighted by molar-refractivity contribution is 5.70. The fourth-order valence-corrected chi connectivity index (χ4v) is 4.14. The van der Waals surface area contributed by atoms with Crippen LogP contribution in [0.2, 0.25) is 0 Å². The Bertz CT molecular complexity index is 1080. The summed E-state index contributed by atoms with van der Waals surface area (Å²) in [5.74, 6) is 1.32. The first-order chi connectivity index (χ1) is 15.2. The van der Waals surface area contributed by atoms with E-state index in [9.17, 15) is 0 Å². The first-order valence-electron chi connectivity index (χ1n) is 10.7. The third-order valence-electron chi connectivity index (χ3n) is 5.80. The third-order valence-corrected chi connectivity index (χ3v) is 5.80. The standard InChI is InChI=1S/C23H27N7O/c1-15-20(13-26-22-21(15)25-8-10-31-22)30-9-7-17-12-27-23(29-19(17)14-30)28-18-5-3-16(4-6-18)11-24-2/h3-6,12-13,24-25H,7-11,14H2,1-2H3,(H,27,28,29). The van der Waals surface area contributed by atoms with Crippen LogP contribution in [0.25, 0.3) is 0 Å². The lowest BCUT2D eigenvalue weighted by atomic mass is 10.0. The number of anilines is 4. The van der Waals surface area contributed by atoms with E-state index in [0.29, 0.717) is 18.4 Å². The Morgan fingerprint density at radius 3 is 2.87 bits per heavy atom. The maximum atomic E-state index is 5.67. The lowest BCUT2D eigenvalue weighted by molar-refractivity contribution is 0.310. The average molecular weight is 418 g/mol. The number of nitrogens with zero attached hydrogens (tertiary/aromatic N) is 4. The van der Waals surface area contributed by atoms with Crippen molar-refractivity contribution in [3.05, 3.63) is 59.0 Å². The molecule has 3 N–H and O–H groups in total. The van der Waals surface area contributed by atoms with Crippen molar-refractivity contribution in [2.75, 3.05) is 42.3 Å². The molecule has 160 valence electrons. The monoisotopic (exact) mass is 417 g/mol. The van der Waals surface area contributed by atoms with Crippen LogP contribution in [-0.2, 0) is 19.5 Å². The van der Waals surface area contributed by atoms with Crippen molar-refractivity contribution >= 4 is 23.0 Å². The predicted molar refractivity (Wildman–Crippen MR) is 122 cm³/mol. The van der Waals surface area contributed by atoms with Gasteiger partial charge in [0.1, 0.15) is 12.3 Å². The second-order valence-corrected chi connectivity index (χ2v) is 7.91. The van der Waals surface area contributed by atoms with Crippen LogP contribution in [0.1, 0.15) is 22.4 Å². The van der Waals surface area contributed by atoms with Crippen molar-refractivity contribution in [3.8, 4) is 5.88 Å². The van der Waals surface area contributed by atoms with Gasteiger partial charge in [0.25, 0.3) is 0 Å². The van der Waals surface area contributed by atoms with Crippen LogP contribution in [0.5, 0.6) is 5.88 Å². The van der Waals surface area contributed by atoms with Gasteiger partial charge in [-0.15, -0.1) is 0 Å². The van der Waals surface area contributed by atoms with Crippen LogP contribution >= 0.6 is 0 Å². The van der Waals surface area contributed by atoms with E-state index in [1.165, 1.54) is 16.7 Å². The third kappa shape index (κ3) is 3.98. The van der Waals surface area contributed by atoms with Gasteiger partial charge in [0.2, 0.25) is 11.8 Å². The van der Waals surface area contributed by atoms with Crippen LogP contribution in [0.3, 0.4) is 0 Å². The van der Waals surface area contributed by atoms with Gasteiger partial charge >= 0.3 is 0 Å². The molecule has 0 spiro atoms. The van der Waals surface area contributed by atoms with E-state index in [0.717, 1.165) is 55.4 Å². The molecular weight excluding hydrogens is 390 g/mol. The fraction of sp³-hybridized carbons (Fsp3) is 0.348. The molecule has 8 nitrogen and oxygen atoms in total. The molecule has 0 saturated carbocycles. The molecule has 1 aromatic carbocycles. The summed E-state index contributed by atoms with van der Waals surface area (Å²) in [6, 6.07) is 8.31. The molecule has 31 heavy (non-hydrogen) atoms. The molecule has 0 aliphatic carbocycles. The molecule has 5 rings (SSSR count). The number of nitrogens with one attached hydrogen (secondary N) is 3. The number of hydrogen-bond donors (Lipinski definition) is 3. The largest absolute Gasteiger partial charge is 0.474 e. The molecule has 4 heterocycles. The Labute approximate surface area is 182 Å². The number of ether oxygens (including phenoxy) is 1. The van der Waals surface area contributed by atoms with Crippen LogP contribution in [-0.4, -0.2) is 41.7 Å². The molecule has 0 amide bonds. The summed E-state index contributed by atoms with van der Waals surface area (Å²) in [5, 5.41) is 9.91. The summed E-state index contributed by atoms with van der Waals surface area (Å²) < 4.78 is 5.67. The normalized spacial score (nSPS) is 14.8. The van der Waals surface area contributed by atoms with Gasteiger partial charge in [0, 0.05) is 37.1 Å². The van der Waals surface area contributed by atoms with Crippen LogP contribution in [0.4, 0.5) is 23.0 Å². The highest BCUT2D eigenvalue weighted by Gasteiger charge is 2.24. The van der Waals surface area contributed by atoms with Gasteiger partial charge in [0.05, 0.1) is 24.1 Å². The zero-order chi connectivity index (χ0) is 21.2. The highest BCUT2D eigenvalue weighted by atomic mass is 16.5. The van der Waals surface area contributed by atoms with E-state index in [1.54, 1.807) is 0 Å². The number of pyridine rings is 1. The average Bonchev–Trinajstić information content (AvgIpc) is 2.80. The Morgan fingerprint density at radius 1 is 1.16 bits per heavy atom. The van der Waals surface area contributed by atoms with Gasteiger partial charge in [-0.05, 0) is 43.7 Å².